The molecule has 2 heterocycles. The lowest BCUT2D eigenvalue weighted by molar-refractivity contribution is -0.208. The normalized spacial score (nSPS) is 14.7. The van der Waals surface area contributed by atoms with Crippen LogP contribution >= 0.6 is 22.9 Å². The summed E-state index contributed by atoms with van der Waals surface area (Å²) >= 11 is 7.20. The van der Waals surface area contributed by atoms with Gasteiger partial charge in [-0.15, -0.1) is 11.3 Å². The minimum absolute atomic E-state index is 0.0515. The summed E-state index contributed by atoms with van der Waals surface area (Å²) in [4.78, 5) is 15.5. The monoisotopic (exact) mass is 531 g/mol. The SMILES string of the molecule is O=C(c1ccc(Cl)cc1)c1sc2cc(O)ccc2c1Oc1ccc(CCN2CC(C(F)(F)F)C2)cc1. The number of phenolic OH excluding ortho intramolecular Hbond substituents is 1. The number of thiophene rings is 1. The van der Waals surface area contributed by atoms with Crippen molar-refractivity contribution < 1.29 is 27.8 Å². The Hall–Kier alpha value is -3.07. The highest BCUT2D eigenvalue weighted by atomic mass is 35.5. The molecule has 1 aliphatic heterocycles. The first-order valence-electron chi connectivity index (χ1n) is 11.3. The van der Waals surface area contributed by atoms with E-state index in [1.54, 1.807) is 59.5 Å². The molecule has 1 saturated heterocycles. The molecule has 4 aromatic rings. The van der Waals surface area contributed by atoms with Crippen molar-refractivity contribution >= 4 is 38.8 Å². The van der Waals surface area contributed by atoms with E-state index in [9.17, 15) is 23.1 Å². The van der Waals surface area contributed by atoms with Crippen molar-refractivity contribution in [2.75, 3.05) is 19.6 Å². The minimum atomic E-state index is -4.12. The van der Waals surface area contributed by atoms with Crippen LogP contribution in [0.25, 0.3) is 10.1 Å². The number of fused-ring (bicyclic) bond motifs is 1. The maximum atomic E-state index is 13.3. The van der Waals surface area contributed by atoms with Gasteiger partial charge < -0.3 is 14.7 Å². The van der Waals surface area contributed by atoms with Gasteiger partial charge in [-0.2, -0.15) is 13.2 Å². The Balaban J connectivity index is 1.33. The number of carbonyl (C=O) groups excluding carboxylic acids is 1. The highest BCUT2D eigenvalue weighted by molar-refractivity contribution is 7.21. The third kappa shape index (κ3) is 5.21. The molecule has 0 bridgehead atoms. The van der Waals surface area contributed by atoms with Crippen molar-refractivity contribution in [2.45, 2.75) is 12.6 Å². The highest BCUT2D eigenvalue weighted by Crippen LogP contribution is 2.42. The molecule has 1 fully saturated rings. The average Bonchev–Trinajstić information content (AvgIpc) is 3.15. The van der Waals surface area contributed by atoms with E-state index in [4.69, 9.17) is 16.3 Å². The van der Waals surface area contributed by atoms with Crippen LogP contribution in [0.5, 0.6) is 17.2 Å². The number of ether oxygens (including phenoxy) is 1. The number of likely N-dealkylation sites (tertiary alicyclic amines) is 1. The number of nitrogens with zero attached hydrogens (tertiary/aromatic N) is 1. The van der Waals surface area contributed by atoms with Gasteiger partial charge in [0.05, 0.1) is 5.92 Å². The molecule has 0 saturated carbocycles. The van der Waals surface area contributed by atoms with Crippen LogP contribution in [0.1, 0.15) is 20.8 Å². The first-order valence-corrected chi connectivity index (χ1v) is 12.5. The molecule has 9 heteroatoms. The molecule has 186 valence electrons. The predicted octanol–water partition coefficient (Wildman–Crippen LogP) is 7.32. The van der Waals surface area contributed by atoms with Crippen LogP contribution < -0.4 is 4.74 Å². The van der Waals surface area contributed by atoms with Crippen LogP contribution in [0.2, 0.25) is 5.02 Å². The van der Waals surface area contributed by atoms with Gasteiger partial charge in [-0.1, -0.05) is 23.7 Å². The molecule has 0 spiro atoms. The molecule has 0 amide bonds. The van der Waals surface area contributed by atoms with Gasteiger partial charge in [0, 0.05) is 40.3 Å². The zero-order valence-electron chi connectivity index (χ0n) is 18.9. The highest BCUT2D eigenvalue weighted by Gasteiger charge is 2.46. The molecule has 4 nitrogen and oxygen atoms in total. The number of hydrogen-bond donors (Lipinski definition) is 1. The molecule has 0 unspecified atom stereocenters. The first kappa shape index (κ1) is 24.6. The van der Waals surface area contributed by atoms with E-state index >= 15 is 0 Å². The zero-order chi connectivity index (χ0) is 25.4. The van der Waals surface area contributed by atoms with Crippen LogP contribution in [0.3, 0.4) is 0 Å². The van der Waals surface area contributed by atoms with Gasteiger partial charge in [0.1, 0.15) is 16.4 Å². The van der Waals surface area contributed by atoms with Crippen molar-refractivity contribution in [3.05, 3.63) is 87.8 Å². The standard InChI is InChI=1S/C27H21ClF3NO3S/c28-19-5-3-17(4-6-19)24(34)26-25(22-10-7-20(33)13-23(22)36-26)35-21-8-1-16(2-9-21)11-12-32-14-18(15-32)27(29,30)31/h1-10,13,18,33H,11-12,14-15H2. The Labute approximate surface area is 214 Å². The fourth-order valence-corrected chi connectivity index (χ4v) is 5.38. The average molecular weight is 532 g/mol. The van der Waals surface area contributed by atoms with E-state index in [1.165, 1.54) is 11.3 Å². The van der Waals surface area contributed by atoms with Crippen LogP contribution in [0, 0.1) is 5.92 Å². The Kier molecular flexibility index (Phi) is 6.68. The smallest absolute Gasteiger partial charge is 0.394 e. The number of aromatic hydroxyl groups is 1. The number of benzene rings is 3. The molecule has 3 aromatic carbocycles. The molecular formula is C27H21ClF3NO3S. The van der Waals surface area contributed by atoms with E-state index in [0.29, 0.717) is 50.0 Å². The predicted molar refractivity (Wildman–Crippen MR) is 135 cm³/mol. The number of rotatable bonds is 7. The maximum absolute atomic E-state index is 13.3. The van der Waals surface area contributed by atoms with E-state index in [0.717, 1.165) is 5.56 Å². The summed E-state index contributed by atoms with van der Waals surface area (Å²) in [7, 11) is 0. The molecule has 0 atom stereocenters. The summed E-state index contributed by atoms with van der Waals surface area (Å²) in [6, 6.07) is 18.8. The Morgan fingerprint density at radius 3 is 2.42 bits per heavy atom. The Morgan fingerprint density at radius 2 is 1.75 bits per heavy atom. The fraction of sp³-hybridized carbons (Fsp3) is 0.222. The van der Waals surface area contributed by atoms with Crippen molar-refractivity contribution in [1.82, 2.24) is 4.90 Å². The molecular weight excluding hydrogens is 511 g/mol. The number of hydrogen-bond acceptors (Lipinski definition) is 5. The largest absolute Gasteiger partial charge is 0.508 e. The third-order valence-corrected chi connectivity index (χ3v) is 7.61. The van der Waals surface area contributed by atoms with Crippen molar-refractivity contribution in [3.8, 4) is 17.2 Å². The summed E-state index contributed by atoms with van der Waals surface area (Å²) < 4.78 is 44.9. The van der Waals surface area contributed by atoms with Crippen molar-refractivity contribution in [2.24, 2.45) is 5.92 Å². The van der Waals surface area contributed by atoms with Gasteiger partial charge >= 0.3 is 6.18 Å². The first-order chi connectivity index (χ1) is 17.2. The van der Waals surface area contributed by atoms with Gasteiger partial charge in [0.25, 0.3) is 0 Å². The number of carbonyl (C=O) groups is 1. The summed E-state index contributed by atoms with van der Waals surface area (Å²) in [6.07, 6.45) is -3.49. The minimum Gasteiger partial charge on any atom is -0.508 e. The van der Waals surface area contributed by atoms with Gasteiger partial charge in [0.15, 0.2) is 5.75 Å². The Morgan fingerprint density at radius 1 is 1.06 bits per heavy atom. The lowest BCUT2D eigenvalue weighted by atomic mass is 9.99. The number of ketones is 1. The molecule has 1 N–H and O–H groups in total. The zero-order valence-corrected chi connectivity index (χ0v) is 20.5. The summed E-state index contributed by atoms with van der Waals surface area (Å²) in [6.45, 7) is 0.664. The summed E-state index contributed by atoms with van der Waals surface area (Å²) in [5, 5.41) is 11.1. The number of halogens is 4. The van der Waals surface area contributed by atoms with E-state index in [1.807, 2.05) is 12.1 Å². The molecule has 1 aromatic heterocycles. The van der Waals surface area contributed by atoms with Gasteiger partial charge in [0.2, 0.25) is 5.78 Å². The van der Waals surface area contributed by atoms with E-state index < -0.39 is 12.1 Å². The second-order valence-electron chi connectivity index (χ2n) is 8.77. The maximum Gasteiger partial charge on any atom is 0.394 e. The van der Waals surface area contributed by atoms with Crippen LogP contribution in [0.15, 0.2) is 66.7 Å². The lowest BCUT2D eigenvalue weighted by Crippen LogP contribution is -2.53. The van der Waals surface area contributed by atoms with Crippen LogP contribution in [-0.2, 0) is 6.42 Å². The number of phenols is 1. The molecule has 1 aliphatic rings. The topological polar surface area (TPSA) is 49.8 Å². The summed E-state index contributed by atoms with van der Waals surface area (Å²) in [5.41, 5.74) is 1.45. The van der Waals surface area contributed by atoms with Gasteiger partial charge in [-0.25, -0.2) is 0 Å². The summed E-state index contributed by atoms with van der Waals surface area (Å²) in [5.74, 6) is -0.417. The van der Waals surface area contributed by atoms with E-state index in [-0.39, 0.29) is 24.6 Å². The van der Waals surface area contributed by atoms with Gasteiger partial charge in [-0.3, -0.25) is 4.79 Å². The third-order valence-electron chi connectivity index (χ3n) is 6.22. The second kappa shape index (κ2) is 9.76. The lowest BCUT2D eigenvalue weighted by Gasteiger charge is -2.40. The molecule has 36 heavy (non-hydrogen) atoms. The van der Waals surface area contributed by atoms with Crippen LogP contribution in [0.4, 0.5) is 13.2 Å². The van der Waals surface area contributed by atoms with Gasteiger partial charge in [-0.05, 0) is 66.6 Å². The van der Waals surface area contributed by atoms with Crippen LogP contribution in [-0.4, -0.2) is 41.6 Å². The molecule has 0 aliphatic carbocycles. The van der Waals surface area contributed by atoms with Crippen molar-refractivity contribution in [1.29, 1.82) is 0 Å². The molecule has 5 rings (SSSR count). The fourth-order valence-electron chi connectivity index (χ4n) is 4.13. The molecule has 0 radical (unpaired) electrons. The van der Waals surface area contributed by atoms with E-state index in [2.05, 4.69) is 0 Å². The second-order valence-corrected chi connectivity index (χ2v) is 10.3. The quantitative estimate of drug-likeness (QED) is 0.254. The Bertz CT molecular complexity index is 1400. The number of alkyl halides is 3. The van der Waals surface area contributed by atoms with Crippen molar-refractivity contribution in [3.63, 3.8) is 0 Å².